The van der Waals surface area contributed by atoms with E-state index in [1.54, 1.807) is 16.8 Å². The van der Waals surface area contributed by atoms with E-state index in [-0.39, 0.29) is 0 Å². The highest BCUT2D eigenvalue weighted by Crippen LogP contribution is 2.26. The van der Waals surface area contributed by atoms with Crippen LogP contribution in [0.1, 0.15) is 5.69 Å². The summed E-state index contributed by atoms with van der Waals surface area (Å²) in [5, 5.41) is 4.39. The minimum Gasteiger partial charge on any atom is -0.448 e. The number of aryl methyl sites for hydroxylation is 1. The van der Waals surface area contributed by atoms with E-state index in [1.807, 2.05) is 19.1 Å². The van der Waals surface area contributed by atoms with E-state index >= 15 is 0 Å². The van der Waals surface area contributed by atoms with Gasteiger partial charge >= 0.3 is 0 Å². The summed E-state index contributed by atoms with van der Waals surface area (Å²) in [6.45, 7) is 1.88. The first-order valence-electron chi connectivity index (χ1n) is 5.54. The molecule has 0 atom stereocenters. The molecule has 19 heavy (non-hydrogen) atoms. The van der Waals surface area contributed by atoms with Gasteiger partial charge in [-0.1, -0.05) is 0 Å². The van der Waals surface area contributed by atoms with Crippen LogP contribution in [0.5, 0.6) is 0 Å². The fourth-order valence-corrected chi connectivity index (χ4v) is 2.01. The SMILES string of the molecule is Cc1cc(-n2nc(-c3ccc(Br)o3)cc2N)ncn1. The number of nitrogens with zero attached hydrogens (tertiary/aromatic N) is 4. The molecule has 0 aromatic carbocycles. The Hall–Kier alpha value is -2.15. The fourth-order valence-electron chi connectivity index (χ4n) is 1.71. The third kappa shape index (κ3) is 2.24. The normalized spacial score (nSPS) is 10.8. The number of anilines is 1. The Bertz CT molecular complexity index is 733. The van der Waals surface area contributed by atoms with Crippen LogP contribution >= 0.6 is 15.9 Å². The van der Waals surface area contributed by atoms with Gasteiger partial charge in [0.15, 0.2) is 16.2 Å². The number of nitrogen functional groups attached to an aromatic ring is 1. The average molecular weight is 320 g/mol. The van der Waals surface area contributed by atoms with Gasteiger partial charge in [0.25, 0.3) is 0 Å². The lowest BCUT2D eigenvalue weighted by atomic mass is 10.3. The minimum absolute atomic E-state index is 0.487. The lowest BCUT2D eigenvalue weighted by molar-refractivity contribution is 0.553. The summed E-state index contributed by atoms with van der Waals surface area (Å²) < 4.78 is 7.65. The summed E-state index contributed by atoms with van der Waals surface area (Å²) >= 11 is 3.26. The second-order valence-electron chi connectivity index (χ2n) is 3.99. The maximum absolute atomic E-state index is 5.95. The van der Waals surface area contributed by atoms with Gasteiger partial charge in [0.1, 0.15) is 17.8 Å². The summed E-state index contributed by atoms with van der Waals surface area (Å²) in [5.74, 6) is 1.76. The van der Waals surface area contributed by atoms with Gasteiger partial charge in [-0.15, -0.1) is 0 Å². The van der Waals surface area contributed by atoms with Crippen molar-refractivity contribution in [2.24, 2.45) is 0 Å². The summed E-state index contributed by atoms with van der Waals surface area (Å²) in [6, 6.07) is 7.18. The maximum Gasteiger partial charge on any atom is 0.169 e. The van der Waals surface area contributed by atoms with E-state index in [0.717, 1.165) is 5.69 Å². The second-order valence-corrected chi connectivity index (χ2v) is 4.77. The van der Waals surface area contributed by atoms with E-state index < -0.39 is 0 Å². The largest absolute Gasteiger partial charge is 0.448 e. The van der Waals surface area contributed by atoms with Gasteiger partial charge in [0.2, 0.25) is 0 Å². The van der Waals surface area contributed by atoms with Crippen LogP contribution < -0.4 is 5.73 Å². The number of aromatic nitrogens is 4. The number of halogens is 1. The van der Waals surface area contributed by atoms with Crippen molar-refractivity contribution in [2.75, 3.05) is 5.73 Å². The van der Waals surface area contributed by atoms with Gasteiger partial charge in [0.05, 0.1) is 0 Å². The van der Waals surface area contributed by atoms with Gasteiger partial charge in [0, 0.05) is 17.8 Å². The van der Waals surface area contributed by atoms with E-state index in [2.05, 4.69) is 31.0 Å². The summed E-state index contributed by atoms with van der Waals surface area (Å²) in [6.07, 6.45) is 1.48. The van der Waals surface area contributed by atoms with Crippen molar-refractivity contribution < 1.29 is 4.42 Å². The lowest BCUT2D eigenvalue weighted by Crippen LogP contribution is -2.04. The Morgan fingerprint density at radius 1 is 1.26 bits per heavy atom. The Balaban J connectivity index is 2.07. The van der Waals surface area contributed by atoms with E-state index in [9.17, 15) is 0 Å². The summed E-state index contributed by atoms with van der Waals surface area (Å²) in [7, 11) is 0. The molecule has 0 saturated heterocycles. The molecule has 0 bridgehead atoms. The molecule has 0 aliphatic rings. The number of hydrogen-bond donors (Lipinski definition) is 1. The van der Waals surface area contributed by atoms with Crippen LogP contribution in [0.3, 0.4) is 0 Å². The number of nitrogens with two attached hydrogens (primary N) is 1. The molecule has 0 radical (unpaired) electrons. The molecule has 0 aliphatic heterocycles. The van der Waals surface area contributed by atoms with Crippen molar-refractivity contribution in [3.8, 4) is 17.3 Å². The predicted molar refractivity (Wildman–Crippen MR) is 73.7 cm³/mol. The molecule has 3 heterocycles. The summed E-state index contributed by atoms with van der Waals surface area (Å²) in [4.78, 5) is 8.20. The second kappa shape index (κ2) is 4.51. The van der Waals surface area contributed by atoms with Crippen molar-refractivity contribution in [2.45, 2.75) is 6.92 Å². The fraction of sp³-hybridized carbons (Fsp3) is 0.0833. The highest BCUT2D eigenvalue weighted by molar-refractivity contribution is 9.10. The molecule has 3 rings (SSSR count). The van der Waals surface area contributed by atoms with Crippen molar-refractivity contribution in [1.82, 2.24) is 19.7 Å². The van der Waals surface area contributed by atoms with E-state index in [1.165, 1.54) is 6.33 Å². The predicted octanol–water partition coefficient (Wildman–Crippen LogP) is 2.58. The molecule has 0 saturated carbocycles. The lowest BCUT2D eigenvalue weighted by Gasteiger charge is -2.02. The Labute approximate surface area is 117 Å². The molecule has 96 valence electrons. The van der Waals surface area contributed by atoms with Crippen LogP contribution in [0.2, 0.25) is 0 Å². The van der Waals surface area contributed by atoms with Crippen LogP contribution in [-0.4, -0.2) is 19.7 Å². The number of rotatable bonds is 2. The molecule has 0 fully saturated rings. The molecule has 7 heteroatoms. The molecular formula is C12H10BrN5O. The smallest absolute Gasteiger partial charge is 0.169 e. The molecule has 0 spiro atoms. The highest BCUT2D eigenvalue weighted by Gasteiger charge is 2.12. The van der Waals surface area contributed by atoms with Crippen molar-refractivity contribution in [1.29, 1.82) is 0 Å². The van der Waals surface area contributed by atoms with E-state index in [0.29, 0.717) is 27.8 Å². The van der Waals surface area contributed by atoms with Gasteiger partial charge in [-0.25, -0.2) is 9.97 Å². The zero-order valence-electron chi connectivity index (χ0n) is 10.0. The minimum atomic E-state index is 0.487. The van der Waals surface area contributed by atoms with Crippen molar-refractivity contribution in [3.63, 3.8) is 0 Å². The van der Waals surface area contributed by atoms with Gasteiger partial charge in [-0.2, -0.15) is 9.78 Å². The zero-order valence-corrected chi connectivity index (χ0v) is 11.6. The monoisotopic (exact) mass is 319 g/mol. The molecule has 3 aromatic heterocycles. The third-order valence-corrected chi connectivity index (χ3v) is 3.00. The third-order valence-electron chi connectivity index (χ3n) is 2.57. The molecule has 0 amide bonds. The van der Waals surface area contributed by atoms with Crippen molar-refractivity contribution >= 4 is 21.7 Å². The first-order valence-corrected chi connectivity index (χ1v) is 6.33. The van der Waals surface area contributed by atoms with Crippen LogP contribution in [0.4, 0.5) is 5.82 Å². The standard InChI is InChI=1S/C12H10BrN5O/c1-7-4-12(16-6-15-7)18-11(14)5-8(17-18)9-2-3-10(13)19-9/h2-6H,14H2,1H3. The first kappa shape index (κ1) is 11.9. The molecule has 2 N–H and O–H groups in total. The molecule has 0 aliphatic carbocycles. The number of furan rings is 1. The van der Waals surface area contributed by atoms with E-state index in [4.69, 9.17) is 10.2 Å². The van der Waals surface area contributed by atoms with Crippen molar-refractivity contribution in [3.05, 3.63) is 41.0 Å². The summed E-state index contributed by atoms with van der Waals surface area (Å²) in [5.41, 5.74) is 7.46. The molecule has 6 nitrogen and oxygen atoms in total. The maximum atomic E-state index is 5.95. The molecule has 0 unspecified atom stereocenters. The number of hydrogen-bond acceptors (Lipinski definition) is 5. The average Bonchev–Trinajstić information content (AvgIpc) is 2.95. The molecular weight excluding hydrogens is 310 g/mol. The van der Waals surface area contributed by atoms with Gasteiger partial charge in [-0.05, 0) is 35.0 Å². The van der Waals surface area contributed by atoms with Gasteiger partial charge in [-0.3, -0.25) is 0 Å². The zero-order chi connectivity index (χ0) is 13.4. The highest BCUT2D eigenvalue weighted by atomic mass is 79.9. The topological polar surface area (TPSA) is 82.8 Å². The van der Waals surface area contributed by atoms with Crippen LogP contribution in [0, 0.1) is 6.92 Å². The Morgan fingerprint density at radius 3 is 2.79 bits per heavy atom. The quantitative estimate of drug-likeness (QED) is 0.785. The van der Waals surface area contributed by atoms with Gasteiger partial charge < -0.3 is 10.2 Å². The Morgan fingerprint density at radius 2 is 2.11 bits per heavy atom. The van der Waals surface area contributed by atoms with Crippen LogP contribution in [0.15, 0.2) is 39.7 Å². The Kier molecular flexibility index (Phi) is 2.83. The first-order chi connectivity index (χ1) is 9.13. The van der Waals surface area contributed by atoms with Crippen LogP contribution in [0.25, 0.3) is 17.3 Å². The molecule has 3 aromatic rings. The van der Waals surface area contributed by atoms with Crippen LogP contribution in [-0.2, 0) is 0 Å².